The lowest BCUT2D eigenvalue weighted by molar-refractivity contribution is -0.116. The summed E-state index contributed by atoms with van der Waals surface area (Å²) in [5, 5.41) is 7.62. The third kappa shape index (κ3) is 6.30. The summed E-state index contributed by atoms with van der Waals surface area (Å²) in [5.41, 5.74) is 7.22. The standard InChI is InChI=1S/C22H30N4O2S/c1-26(17-9-3-2-4-10-17)15-16-8-5-6-11-18(16)24-21(27)14-19(25-22(23)28)20-12-7-13-29-20/h5-8,11-13,17,19H,2-4,9-10,14-15H2,1H3,(H,24,27)(H3,23,25,28). The predicted molar refractivity (Wildman–Crippen MR) is 118 cm³/mol. The molecule has 0 aliphatic heterocycles. The maximum absolute atomic E-state index is 12.7. The third-order valence-electron chi connectivity index (χ3n) is 5.50. The normalized spacial score (nSPS) is 15.8. The molecule has 1 aliphatic rings. The summed E-state index contributed by atoms with van der Waals surface area (Å²) in [4.78, 5) is 27.4. The van der Waals surface area contributed by atoms with Crippen molar-refractivity contribution in [1.82, 2.24) is 10.2 Å². The highest BCUT2D eigenvalue weighted by Crippen LogP contribution is 2.26. The number of urea groups is 1. The van der Waals surface area contributed by atoms with Crippen molar-refractivity contribution >= 4 is 29.0 Å². The molecule has 1 aromatic heterocycles. The number of anilines is 1. The van der Waals surface area contributed by atoms with Gasteiger partial charge in [-0.25, -0.2) is 4.79 Å². The van der Waals surface area contributed by atoms with Crippen LogP contribution in [0.1, 0.15) is 55.0 Å². The van der Waals surface area contributed by atoms with Crippen LogP contribution < -0.4 is 16.4 Å². The van der Waals surface area contributed by atoms with Gasteiger partial charge < -0.3 is 16.4 Å². The van der Waals surface area contributed by atoms with E-state index in [2.05, 4.69) is 28.6 Å². The molecule has 4 N–H and O–H groups in total. The Morgan fingerprint density at radius 3 is 2.62 bits per heavy atom. The highest BCUT2D eigenvalue weighted by atomic mass is 32.1. The van der Waals surface area contributed by atoms with Gasteiger partial charge in [0, 0.05) is 23.2 Å². The van der Waals surface area contributed by atoms with Crippen LogP contribution in [0.25, 0.3) is 0 Å². The molecule has 1 aliphatic carbocycles. The number of nitrogens with zero attached hydrogens (tertiary/aromatic N) is 1. The molecular formula is C22H30N4O2S. The largest absolute Gasteiger partial charge is 0.352 e. The molecule has 2 aromatic rings. The topological polar surface area (TPSA) is 87.5 Å². The number of nitrogens with one attached hydrogen (secondary N) is 2. The highest BCUT2D eigenvalue weighted by Gasteiger charge is 2.21. The summed E-state index contributed by atoms with van der Waals surface area (Å²) >= 11 is 1.49. The van der Waals surface area contributed by atoms with Crippen LogP contribution in [0.2, 0.25) is 0 Å². The number of thiophene rings is 1. The lowest BCUT2D eigenvalue weighted by Gasteiger charge is -2.31. The van der Waals surface area contributed by atoms with E-state index in [9.17, 15) is 9.59 Å². The van der Waals surface area contributed by atoms with Crippen LogP contribution in [0.4, 0.5) is 10.5 Å². The van der Waals surface area contributed by atoms with Crippen molar-refractivity contribution in [3.05, 3.63) is 52.2 Å². The van der Waals surface area contributed by atoms with E-state index >= 15 is 0 Å². The Hall–Kier alpha value is -2.38. The SMILES string of the molecule is CN(Cc1ccccc1NC(=O)CC(NC(N)=O)c1cccs1)C1CCCCC1. The summed E-state index contributed by atoms with van der Waals surface area (Å²) in [5.74, 6) is -0.148. The van der Waals surface area contributed by atoms with E-state index in [1.807, 2.05) is 35.7 Å². The molecule has 1 fully saturated rings. The van der Waals surface area contributed by atoms with Crippen molar-refractivity contribution in [2.75, 3.05) is 12.4 Å². The Bertz CT molecular complexity index is 803. The molecule has 0 bridgehead atoms. The Kier molecular flexibility index (Phi) is 7.66. The van der Waals surface area contributed by atoms with Crippen molar-refractivity contribution in [2.45, 2.75) is 57.2 Å². The first kappa shape index (κ1) is 21.3. The van der Waals surface area contributed by atoms with Crippen LogP contribution in [0.5, 0.6) is 0 Å². The van der Waals surface area contributed by atoms with Gasteiger partial charge in [0.1, 0.15) is 0 Å². The van der Waals surface area contributed by atoms with Gasteiger partial charge in [-0.15, -0.1) is 11.3 Å². The minimum atomic E-state index is -0.634. The zero-order valence-electron chi connectivity index (χ0n) is 16.9. The number of hydrogen-bond donors (Lipinski definition) is 3. The smallest absolute Gasteiger partial charge is 0.312 e. The molecular weight excluding hydrogens is 384 g/mol. The lowest BCUT2D eigenvalue weighted by Crippen LogP contribution is -2.35. The lowest BCUT2D eigenvalue weighted by atomic mass is 9.94. The van der Waals surface area contributed by atoms with E-state index < -0.39 is 12.1 Å². The molecule has 29 heavy (non-hydrogen) atoms. The minimum Gasteiger partial charge on any atom is -0.352 e. The summed E-state index contributed by atoms with van der Waals surface area (Å²) < 4.78 is 0. The number of nitrogens with two attached hydrogens (primary N) is 1. The molecule has 1 unspecified atom stereocenters. The van der Waals surface area contributed by atoms with Crippen molar-refractivity contribution < 1.29 is 9.59 Å². The molecule has 3 amide bonds. The second-order valence-electron chi connectivity index (χ2n) is 7.69. The number of carbonyl (C=O) groups excluding carboxylic acids is 2. The molecule has 1 saturated carbocycles. The maximum atomic E-state index is 12.7. The van der Waals surface area contributed by atoms with Crippen LogP contribution in [0.3, 0.4) is 0 Å². The molecule has 7 heteroatoms. The van der Waals surface area contributed by atoms with E-state index in [0.717, 1.165) is 22.7 Å². The maximum Gasteiger partial charge on any atom is 0.312 e. The monoisotopic (exact) mass is 414 g/mol. The summed E-state index contributed by atoms with van der Waals surface area (Å²) in [7, 11) is 2.16. The van der Waals surface area contributed by atoms with Gasteiger partial charge >= 0.3 is 6.03 Å². The van der Waals surface area contributed by atoms with Gasteiger partial charge in [-0.3, -0.25) is 9.69 Å². The third-order valence-corrected chi connectivity index (χ3v) is 6.49. The summed E-state index contributed by atoms with van der Waals surface area (Å²) in [6.45, 7) is 0.801. The Labute approximate surface area is 176 Å². The van der Waals surface area contributed by atoms with Crippen LogP contribution in [-0.4, -0.2) is 29.9 Å². The summed E-state index contributed by atoms with van der Waals surface area (Å²) in [6.07, 6.45) is 6.55. The zero-order valence-corrected chi connectivity index (χ0v) is 17.7. The van der Waals surface area contributed by atoms with Crippen LogP contribution in [0.15, 0.2) is 41.8 Å². The quantitative estimate of drug-likeness (QED) is 0.603. The van der Waals surface area contributed by atoms with Crippen LogP contribution in [0, 0.1) is 0 Å². The molecule has 1 atom stereocenters. The second-order valence-corrected chi connectivity index (χ2v) is 8.67. The number of carbonyl (C=O) groups is 2. The minimum absolute atomic E-state index is 0.135. The number of para-hydroxylation sites is 1. The van der Waals surface area contributed by atoms with E-state index in [1.165, 1.54) is 43.4 Å². The molecule has 0 spiro atoms. The van der Waals surface area contributed by atoms with Crippen molar-refractivity contribution in [3.63, 3.8) is 0 Å². The number of rotatable bonds is 8. The Morgan fingerprint density at radius 2 is 1.93 bits per heavy atom. The van der Waals surface area contributed by atoms with Crippen LogP contribution >= 0.6 is 11.3 Å². The highest BCUT2D eigenvalue weighted by molar-refractivity contribution is 7.10. The predicted octanol–water partition coefficient (Wildman–Crippen LogP) is 4.25. The van der Waals surface area contributed by atoms with Crippen molar-refractivity contribution in [2.24, 2.45) is 5.73 Å². The second kappa shape index (κ2) is 10.4. The van der Waals surface area contributed by atoms with E-state index in [0.29, 0.717) is 6.04 Å². The Balaban J connectivity index is 1.64. The molecule has 6 nitrogen and oxygen atoms in total. The van der Waals surface area contributed by atoms with E-state index in [-0.39, 0.29) is 12.3 Å². The number of amides is 3. The molecule has 156 valence electrons. The van der Waals surface area contributed by atoms with Gasteiger partial charge in [-0.05, 0) is 43.0 Å². The first-order valence-electron chi connectivity index (χ1n) is 10.2. The first-order chi connectivity index (χ1) is 14.0. The fourth-order valence-electron chi connectivity index (χ4n) is 3.97. The Morgan fingerprint density at radius 1 is 1.17 bits per heavy atom. The fraction of sp³-hybridized carbons (Fsp3) is 0.455. The zero-order chi connectivity index (χ0) is 20.6. The van der Waals surface area contributed by atoms with Gasteiger partial charge in [0.25, 0.3) is 0 Å². The average molecular weight is 415 g/mol. The molecule has 1 heterocycles. The van der Waals surface area contributed by atoms with Crippen molar-refractivity contribution in [1.29, 1.82) is 0 Å². The van der Waals surface area contributed by atoms with E-state index in [1.54, 1.807) is 0 Å². The molecule has 0 saturated heterocycles. The molecule has 0 radical (unpaired) electrons. The summed E-state index contributed by atoms with van der Waals surface area (Å²) in [6, 6.07) is 11.3. The van der Waals surface area contributed by atoms with Crippen molar-refractivity contribution in [3.8, 4) is 0 Å². The fourth-order valence-corrected chi connectivity index (χ4v) is 4.75. The first-order valence-corrected chi connectivity index (χ1v) is 11.1. The molecule has 3 rings (SSSR count). The number of primary amides is 1. The van der Waals surface area contributed by atoms with Crippen LogP contribution in [-0.2, 0) is 11.3 Å². The van der Waals surface area contributed by atoms with Gasteiger partial charge in [-0.1, -0.05) is 43.5 Å². The van der Waals surface area contributed by atoms with Gasteiger partial charge in [0.2, 0.25) is 5.91 Å². The van der Waals surface area contributed by atoms with E-state index in [4.69, 9.17) is 5.73 Å². The number of hydrogen-bond acceptors (Lipinski definition) is 4. The van der Waals surface area contributed by atoms with Gasteiger partial charge in [-0.2, -0.15) is 0 Å². The molecule has 1 aromatic carbocycles. The van der Waals surface area contributed by atoms with Gasteiger partial charge in [0.15, 0.2) is 0 Å². The average Bonchev–Trinajstić information content (AvgIpc) is 3.24. The number of benzene rings is 1. The van der Waals surface area contributed by atoms with Gasteiger partial charge in [0.05, 0.1) is 12.5 Å².